The van der Waals surface area contributed by atoms with E-state index in [2.05, 4.69) is 5.32 Å². The minimum atomic E-state index is -0.952. The van der Waals surface area contributed by atoms with Gasteiger partial charge in [-0.3, -0.25) is 19.2 Å². The van der Waals surface area contributed by atoms with Crippen molar-refractivity contribution in [1.29, 1.82) is 0 Å². The largest absolute Gasteiger partial charge is 0.351 e. The van der Waals surface area contributed by atoms with Gasteiger partial charge in [-0.05, 0) is 5.56 Å². The van der Waals surface area contributed by atoms with Gasteiger partial charge in [-0.15, -0.1) is 0 Å². The number of ketones is 2. The Hall–Kier alpha value is -3.28. The van der Waals surface area contributed by atoms with Crippen molar-refractivity contribution < 1.29 is 19.2 Å². The van der Waals surface area contributed by atoms with Crippen LogP contribution in [0, 0.1) is 5.92 Å². The molecule has 0 radical (unpaired) electrons. The van der Waals surface area contributed by atoms with Crippen molar-refractivity contribution in [2.24, 2.45) is 5.92 Å². The summed E-state index contributed by atoms with van der Waals surface area (Å²) in [5, 5.41) is 2.67. The summed E-state index contributed by atoms with van der Waals surface area (Å²) >= 11 is 0. The summed E-state index contributed by atoms with van der Waals surface area (Å²) in [5.41, 5.74) is 1.97. The van der Waals surface area contributed by atoms with Crippen molar-refractivity contribution in [2.45, 2.75) is 6.54 Å². The summed E-state index contributed by atoms with van der Waals surface area (Å²) in [6, 6.07) is 15.9. The van der Waals surface area contributed by atoms with E-state index in [-0.39, 0.29) is 18.9 Å². The zero-order valence-corrected chi connectivity index (χ0v) is 14.3. The maximum Gasteiger partial charge on any atom is 0.290 e. The number of likely N-dealkylation sites (tertiary alicyclic amines) is 1. The zero-order valence-electron chi connectivity index (χ0n) is 14.3. The molecule has 6 heteroatoms. The molecular weight excluding hydrogens is 332 g/mol. The molecule has 2 amide bonds. The van der Waals surface area contributed by atoms with Gasteiger partial charge in [-0.1, -0.05) is 54.6 Å². The molecule has 1 heterocycles. The minimum Gasteiger partial charge on any atom is -0.351 e. The molecule has 1 unspecified atom stereocenters. The minimum absolute atomic E-state index is 0.0701. The second kappa shape index (κ2) is 7.31. The number of benzene rings is 2. The predicted octanol–water partition coefficient (Wildman–Crippen LogP) is 1.19. The highest BCUT2D eigenvalue weighted by Crippen LogP contribution is 2.14. The second-order valence-corrected chi connectivity index (χ2v) is 6.21. The first kappa shape index (κ1) is 17.5. The lowest BCUT2D eigenvalue weighted by Gasteiger charge is -2.10. The van der Waals surface area contributed by atoms with Crippen molar-refractivity contribution in [3.8, 4) is 0 Å². The first-order valence-corrected chi connectivity index (χ1v) is 8.23. The van der Waals surface area contributed by atoms with Crippen LogP contribution in [0.15, 0.2) is 54.6 Å². The molecule has 26 heavy (non-hydrogen) atoms. The van der Waals surface area contributed by atoms with Gasteiger partial charge in [-0.2, -0.15) is 0 Å². The average Bonchev–Trinajstić information content (AvgIpc) is 2.94. The van der Waals surface area contributed by atoms with Crippen LogP contribution in [-0.4, -0.2) is 41.9 Å². The fourth-order valence-corrected chi connectivity index (χ4v) is 2.82. The molecule has 0 bridgehead atoms. The maximum atomic E-state index is 12.4. The van der Waals surface area contributed by atoms with Gasteiger partial charge in [-0.25, -0.2) is 0 Å². The monoisotopic (exact) mass is 350 g/mol. The molecule has 3 rings (SSSR count). The Morgan fingerprint density at radius 3 is 2.19 bits per heavy atom. The van der Waals surface area contributed by atoms with E-state index < -0.39 is 23.5 Å². The van der Waals surface area contributed by atoms with E-state index in [1.807, 2.05) is 18.2 Å². The summed E-state index contributed by atoms with van der Waals surface area (Å²) < 4.78 is 0. The fourth-order valence-electron chi connectivity index (χ4n) is 2.82. The molecule has 0 spiro atoms. The SMILES string of the molecule is CN1CC(C(=O)NCc2ccc(C(=O)c3ccccc3)cc2)C(=O)C1=O. The number of nitrogens with zero attached hydrogens (tertiary/aromatic N) is 1. The molecule has 1 fully saturated rings. The van der Waals surface area contributed by atoms with E-state index >= 15 is 0 Å². The Morgan fingerprint density at radius 1 is 1.00 bits per heavy atom. The third-order valence-electron chi connectivity index (χ3n) is 4.37. The number of carbonyl (C=O) groups is 4. The van der Waals surface area contributed by atoms with Crippen LogP contribution in [0.1, 0.15) is 21.5 Å². The first-order valence-electron chi connectivity index (χ1n) is 8.23. The number of Topliss-reactive ketones (excluding diaryl/α,β-unsaturated/α-hetero) is 1. The smallest absolute Gasteiger partial charge is 0.290 e. The number of likely N-dealkylation sites (N-methyl/N-ethyl adjacent to an activating group) is 1. The van der Waals surface area contributed by atoms with E-state index in [1.54, 1.807) is 36.4 Å². The van der Waals surface area contributed by atoms with E-state index in [0.717, 1.165) is 5.56 Å². The van der Waals surface area contributed by atoms with Crippen LogP contribution in [0.2, 0.25) is 0 Å². The van der Waals surface area contributed by atoms with Crippen LogP contribution >= 0.6 is 0 Å². The number of nitrogens with one attached hydrogen (secondary N) is 1. The molecule has 0 saturated carbocycles. The van der Waals surface area contributed by atoms with Crippen molar-refractivity contribution in [2.75, 3.05) is 13.6 Å². The van der Waals surface area contributed by atoms with Crippen LogP contribution in [0.4, 0.5) is 0 Å². The Labute approximate surface area is 150 Å². The predicted molar refractivity (Wildman–Crippen MR) is 94.3 cm³/mol. The quantitative estimate of drug-likeness (QED) is 0.499. The molecule has 1 N–H and O–H groups in total. The molecule has 0 aliphatic carbocycles. The normalized spacial score (nSPS) is 16.7. The molecule has 1 aliphatic rings. The number of hydrogen-bond acceptors (Lipinski definition) is 4. The molecule has 2 aromatic rings. The van der Waals surface area contributed by atoms with E-state index in [1.165, 1.54) is 11.9 Å². The molecule has 1 atom stereocenters. The van der Waals surface area contributed by atoms with Gasteiger partial charge in [0.15, 0.2) is 5.78 Å². The Balaban J connectivity index is 1.60. The molecule has 0 aromatic heterocycles. The van der Waals surface area contributed by atoms with Gasteiger partial charge in [0.2, 0.25) is 11.7 Å². The van der Waals surface area contributed by atoms with E-state index in [9.17, 15) is 19.2 Å². The second-order valence-electron chi connectivity index (χ2n) is 6.21. The van der Waals surface area contributed by atoms with E-state index in [0.29, 0.717) is 11.1 Å². The summed E-state index contributed by atoms with van der Waals surface area (Å²) in [6.07, 6.45) is 0. The molecule has 132 valence electrons. The number of carbonyl (C=O) groups excluding carboxylic acids is 4. The highest BCUT2D eigenvalue weighted by Gasteiger charge is 2.41. The lowest BCUT2D eigenvalue weighted by atomic mass is 10.0. The zero-order chi connectivity index (χ0) is 18.7. The molecule has 1 aliphatic heterocycles. The van der Waals surface area contributed by atoms with Crippen LogP contribution in [-0.2, 0) is 20.9 Å². The molecule has 1 saturated heterocycles. The highest BCUT2D eigenvalue weighted by molar-refractivity contribution is 6.42. The standard InChI is InChI=1S/C20H18N2O4/c1-22-12-16(18(24)20(22)26)19(25)21-11-13-7-9-15(10-8-13)17(23)14-5-3-2-4-6-14/h2-10,16H,11-12H2,1H3,(H,21,25). The summed E-state index contributed by atoms with van der Waals surface area (Å²) in [7, 11) is 1.50. The summed E-state index contributed by atoms with van der Waals surface area (Å²) in [5.74, 6) is -2.79. The number of rotatable bonds is 5. The van der Waals surface area contributed by atoms with Gasteiger partial charge in [0, 0.05) is 31.3 Å². The highest BCUT2D eigenvalue weighted by atomic mass is 16.2. The van der Waals surface area contributed by atoms with Gasteiger partial charge in [0.05, 0.1) is 0 Å². The lowest BCUT2D eigenvalue weighted by Crippen LogP contribution is -2.35. The molecule has 2 aromatic carbocycles. The fraction of sp³-hybridized carbons (Fsp3) is 0.200. The Morgan fingerprint density at radius 2 is 1.62 bits per heavy atom. The average molecular weight is 350 g/mol. The topological polar surface area (TPSA) is 83.6 Å². The number of amides is 2. The Kier molecular flexibility index (Phi) is 4.93. The van der Waals surface area contributed by atoms with Gasteiger partial charge in [0.1, 0.15) is 5.92 Å². The third-order valence-corrected chi connectivity index (χ3v) is 4.37. The van der Waals surface area contributed by atoms with Crippen LogP contribution < -0.4 is 5.32 Å². The Bertz CT molecular complexity index is 859. The van der Waals surface area contributed by atoms with Crippen LogP contribution in [0.3, 0.4) is 0 Å². The first-order chi connectivity index (χ1) is 12.5. The van der Waals surface area contributed by atoms with Crippen LogP contribution in [0.25, 0.3) is 0 Å². The lowest BCUT2D eigenvalue weighted by molar-refractivity contribution is -0.142. The van der Waals surface area contributed by atoms with Crippen molar-refractivity contribution in [3.63, 3.8) is 0 Å². The van der Waals surface area contributed by atoms with Gasteiger partial charge >= 0.3 is 0 Å². The maximum absolute atomic E-state index is 12.4. The third kappa shape index (κ3) is 3.54. The van der Waals surface area contributed by atoms with Crippen molar-refractivity contribution in [3.05, 3.63) is 71.3 Å². The van der Waals surface area contributed by atoms with Crippen molar-refractivity contribution >= 4 is 23.4 Å². The van der Waals surface area contributed by atoms with Gasteiger partial charge < -0.3 is 10.2 Å². The molecular formula is C20H18N2O4. The van der Waals surface area contributed by atoms with Gasteiger partial charge in [0.25, 0.3) is 5.91 Å². The summed E-state index contributed by atoms with van der Waals surface area (Å²) in [4.78, 5) is 48.9. The van der Waals surface area contributed by atoms with Crippen LogP contribution in [0.5, 0.6) is 0 Å². The summed E-state index contributed by atoms with van der Waals surface area (Å²) in [6.45, 7) is 0.328. The van der Waals surface area contributed by atoms with E-state index in [4.69, 9.17) is 0 Å². The molecule has 6 nitrogen and oxygen atoms in total. The van der Waals surface area contributed by atoms with Crippen molar-refractivity contribution in [1.82, 2.24) is 10.2 Å². The number of hydrogen-bond donors (Lipinski definition) is 1.